The van der Waals surface area contributed by atoms with Crippen LogP contribution in [0.5, 0.6) is 0 Å². The van der Waals surface area contributed by atoms with Crippen molar-refractivity contribution in [3.63, 3.8) is 0 Å². The number of hydrogen-bond acceptors (Lipinski definition) is 6. The molecule has 11 heteroatoms. The summed E-state index contributed by atoms with van der Waals surface area (Å²) in [5.41, 5.74) is -0.577. The quantitative estimate of drug-likeness (QED) is 0.451. The lowest BCUT2D eigenvalue weighted by Crippen LogP contribution is -2.58. The van der Waals surface area contributed by atoms with E-state index in [2.05, 4.69) is 0 Å². The fourth-order valence-electron chi connectivity index (χ4n) is 4.82. The molecule has 2 N–H and O–H groups in total. The molecule has 0 aliphatic carbocycles. The molecule has 3 aliphatic heterocycles. The molecule has 1 aromatic rings. The number of halogens is 2. The van der Waals surface area contributed by atoms with Gasteiger partial charge in [0.1, 0.15) is 23.1 Å². The van der Waals surface area contributed by atoms with Crippen LogP contribution in [0.15, 0.2) is 29.6 Å². The van der Waals surface area contributed by atoms with Gasteiger partial charge in [0, 0.05) is 26.1 Å². The van der Waals surface area contributed by atoms with Crippen LogP contribution in [0.1, 0.15) is 25.3 Å². The molecule has 33 heavy (non-hydrogen) atoms. The van der Waals surface area contributed by atoms with Crippen LogP contribution in [0.4, 0.5) is 4.39 Å². The first-order valence-corrected chi connectivity index (χ1v) is 10.9. The van der Waals surface area contributed by atoms with Crippen molar-refractivity contribution in [3.05, 3.63) is 46.0 Å². The normalized spacial score (nSPS) is 25.2. The Morgan fingerprint density at radius 3 is 2.55 bits per heavy atom. The molecule has 2 fully saturated rings. The summed E-state index contributed by atoms with van der Waals surface area (Å²) in [5.74, 6) is -4.87. The fourth-order valence-corrected chi connectivity index (χ4v) is 5.02. The predicted molar refractivity (Wildman–Crippen MR) is 113 cm³/mol. The van der Waals surface area contributed by atoms with Gasteiger partial charge in [-0.3, -0.25) is 29.0 Å². The van der Waals surface area contributed by atoms with Crippen molar-refractivity contribution in [1.29, 1.82) is 0 Å². The maximum Gasteiger partial charge on any atom is 0.297 e. The molecule has 2 saturated heterocycles. The maximum atomic E-state index is 13.5. The van der Waals surface area contributed by atoms with Crippen LogP contribution < -0.4 is 0 Å². The molecule has 3 heterocycles. The first-order valence-electron chi connectivity index (χ1n) is 10.5. The maximum absolute atomic E-state index is 13.5. The number of ketones is 1. The van der Waals surface area contributed by atoms with Crippen LogP contribution in [0.3, 0.4) is 0 Å². The molecular formula is C22H23ClFN3O6. The summed E-state index contributed by atoms with van der Waals surface area (Å²) in [4.78, 5) is 56.4. The van der Waals surface area contributed by atoms with E-state index >= 15 is 0 Å². The first-order chi connectivity index (χ1) is 15.7. The smallest absolute Gasteiger partial charge is 0.297 e. The Labute approximate surface area is 194 Å². The number of aliphatic hydroxyl groups is 2. The predicted octanol–water partition coefficient (Wildman–Crippen LogP) is 0.426. The number of rotatable bonds is 6. The lowest BCUT2D eigenvalue weighted by molar-refractivity contribution is -0.155. The molecule has 3 amide bonds. The molecule has 0 radical (unpaired) electrons. The van der Waals surface area contributed by atoms with E-state index in [1.54, 1.807) is 0 Å². The Bertz CT molecular complexity index is 1090. The third-order valence-corrected chi connectivity index (χ3v) is 6.76. The highest BCUT2D eigenvalue weighted by molar-refractivity contribution is 6.43. The molecule has 0 aromatic heterocycles. The highest BCUT2D eigenvalue weighted by atomic mass is 35.5. The third kappa shape index (κ3) is 3.53. The molecule has 9 nitrogen and oxygen atoms in total. The van der Waals surface area contributed by atoms with Gasteiger partial charge in [-0.25, -0.2) is 4.39 Å². The number of likely N-dealkylation sites (tertiary alicyclic amines) is 1. The van der Waals surface area contributed by atoms with Crippen LogP contribution in [0.25, 0.3) is 0 Å². The molecular weight excluding hydrogens is 457 g/mol. The SMILES string of the molecule is CC1(CCO)C(=O)N(CCO)C2=C3CCN(Cc4ccc(F)c(Cl)c4)C(=O)C3C(=O)C(=O)N21. The van der Waals surface area contributed by atoms with Gasteiger partial charge >= 0.3 is 0 Å². The van der Waals surface area contributed by atoms with Gasteiger partial charge in [0.05, 0.1) is 18.2 Å². The van der Waals surface area contributed by atoms with Gasteiger partial charge in [-0.2, -0.15) is 0 Å². The van der Waals surface area contributed by atoms with Crippen LogP contribution in [-0.4, -0.2) is 80.3 Å². The number of amides is 3. The number of nitrogens with zero attached hydrogens (tertiary/aromatic N) is 3. The van der Waals surface area contributed by atoms with E-state index in [0.717, 1.165) is 4.90 Å². The van der Waals surface area contributed by atoms with E-state index in [4.69, 9.17) is 11.6 Å². The Balaban J connectivity index is 1.74. The zero-order valence-corrected chi connectivity index (χ0v) is 18.6. The van der Waals surface area contributed by atoms with E-state index in [-0.39, 0.29) is 49.9 Å². The van der Waals surface area contributed by atoms with Gasteiger partial charge in [0.15, 0.2) is 0 Å². The van der Waals surface area contributed by atoms with Crippen molar-refractivity contribution < 1.29 is 33.8 Å². The number of carbonyl (C=O) groups is 4. The molecule has 2 unspecified atom stereocenters. The van der Waals surface area contributed by atoms with Gasteiger partial charge in [0.25, 0.3) is 11.8 Å². The topological polar surface area (TPSA) is 118 Å². The van der Waals surface area contributed by atoms with Crippen molar-refractivity contribution in [2.24, 2.45) is 5.92 Å². The Hall–Kier alpha value is -2.82. The average Bonchev–Trinajstić information content (AvgIpc) is 2.98. The van der Waals surface area contributed by atoms with E-state index in [1.807, 2.05) is 0 Å². The molecule has 0 saturated carbocycles. The number of β-amino-alcohol motifs (C(OH)–C–C–N with tert-alkyl or cyclic N) is 1. The van der Waals surface area contributed by atoms with E-state index in [0.29, 0.717) is 11.1 Å². The lowest BCUT2D eigenvalue weighted by Gasteiger charge is -2.41. The van der Waals surface area contributed by atoms with Gasteiger partial charge in [0.2, 0.25) is 11.7 Å². The molecule has 4 rings (SSSR count). The highest BCUT2D eigenvalue weighted by Crippen LogP contribution is 2.45. The fraction of sp³-hybridized carbons (Fsp3) is 0.455. The lowest BCUT2D eigenvalue weighted by atomic mass is 9.82. The zero-order chi connectivity index (χ0) is 24.1. The first kappa shape index (κ1) is 23.3. The van der Waals surface area contributed by atoms with Gasteiger partial charge in [-0.05, 0) is 36.6 Å². The Morgan fingerprint density at radius 2 is 1.91 bits per heavy atom. The Morgan fingerprint density at radius 1 is 1.18 bits per heavy atom. The summed E-state index contributed by atoms with van der Waals surface area (Å²) in [6.07, 6.45) is 0.125. The van der Waals surface area contributed by atoms with Gasteiger partial charge in [-0.15, -0.1) is 0 Å². The van der Waals surface area contributed by atoms with Gasteiger partial charge in [-0.1, -0.05) is 17.7 Å². The molecule has 3 aliphatic rings. The Kier molecular flexibility index (Phi) is 6.02. The number of hydrogen-bond donors (Lipinski definition) is 2. The molecule has 0 bridgehead atoms. The van der Waals surface area contributed by atoms with Crippen LogP contribution in [-0.2, 0) is 25.7 Å². The van der Waals surface area contributed by atoms with E-state index in [1.165, 1.54) is 34.9 Å². The third-order valence-electron chi connectivity index (χ3n) is 6.47. The summed E-state index contributed by atoms with van der Waals surface area (Å²) < 4.78 is 13.5. The number of aliphatic hydroxyl groups excluding tert-OH is 2. The second-order valence-electron chi connectivity index (χ2n) is 8.47. The molecule has 0 spiro atoms. The van der Waals surface area contributed by atoms with E-state index in [9.17, 15) is 33.8 Å². The number of carbonyl (C=O) groups excluding carboxylic acids is 4. The summed E-state index contributed by atoms with van der Waals surface area (Å²) in [6, 6.07) is 4.06. The van der Waals surface area contributed by atoms with Crippen LogP contribution in [0, 0.1) is 11.7 Å². The average molecular weight is 480 g/mol. The number of piperidine rings is 1. The van der Waals surface area contributed by atoms with Crippen molar-refractivity contribution in [1.82, 2.24) is 14.7 Å². The summed E-state index contributed by atoms with van der Waals surface area (Å²) in [5, 5.41) is 18.9. The highest BCUT2D eigenvalue weighted by Gasteiger charge is 2.61. The minimum Gasteiger partial charge on any atom is -0.396 e. The molecule has 1 aromatic carbocycles. The minimum absolute atomic E-state index is 0.0741. The van der Waals surface area contributed by atoms with Crippen molar-refractivity contribution in [2.45, 2.75) is 31.8 Å². The second kappa shape index (κ2) is 8.51. The monoisotopic (exact) mass is 479 g/mol. The van der Waals surface area contributed by atoms with Crippen molar-refractivity contribution in [3.8, 4) is 0 Å². The summed E-state index contributed by atoms with van der Waals surface area (Å²) in [6.45, 7) is 0.844. The number of benzene rings is 1. The molecule has 176 valence electrons. The second-order valence-corrected chi connectivity index (χ2v) is 8.88. The summed E-state index contributed by atoms with van der Waals surface area (Å²) in [7, 11) is 0. The van der Waals surface area contributed by atoms with Crippen molar-refractivity contribution in [2.75, 3.05) is 26.3 Å². The molecule has 2 atom stereocenters. The largest absolute Gasteiger partial charge is 0.396 e. The van der Waals surface area contributed by atoms with E-state index < -0.39 is 47.4 Å². The summed E-state index contributed by atoms with van der Waals surface area (Å²) >= 11 is 5.83. The number of Topliss-reactive ketones (excluding diaryl/α,β-unsaturated/α-hetero) is 1. The minimum atomic E-state index is -1.49. The van der Waals surface area contributed by atoms with Crippen molar-refractivity contribution >= 4 is 35.1 Å². The van der Waals surface area contributed by atoms with Crippen LogP contribution >= 0.6 is 11.6 Å². The van der Waals surface area contributed by atoms with Gasteiger partial charge < -0.3 is 15.1 Å². The van der Waals surface area contributed by atoms with Crippen LogP contribution in [0.2, 0.25) is 5.02 Å². The number of fused-ring (bicyclic) bond motifs is 2. The standard InChI is InChI=1S/C22H23ClFN3O6/c1-22(5-8-28)21(33)26(7-9-29)18-13-4-6-25(11-12-2-3-15(24)14(23)10-12)19(31)16(13)17(30)20(32)27(18)22/h2-3,10,16,28-29H,4-9,11H2,1H3. The zero-order valence-electron chi connectivity index (χ0n) is 17.9.